The Bertz CT molecular complexity index is 922. The predicted octanol–water partition coefficient (Wildman–Crippen LogP) is 3.57. The van der Waals surface area contributed by atoms with Crippen molar-refractivity contribution in [2.24, 2.45) is 11.8 Å². The van der Waals surface area contributed by atoms with Crippen molar-refractivity contribution in [1.82, 2.24) is 15.1 Å². The topological polar surface area (TPSA) is 79.5 Å². The molecular weight excluding hydrogens is 399 g/mol. The fraction of sp³-hybridized carbons (Fsp3) is 0.571. The third kappa shape index (κ3) is 3.38. The number of benzene rings is 1. The SMILES string of the molecule is C[C@H]1CN(C(=O)[C@@](C)(O)C(F)(F)F)CC[C@H]1C1(c2nnc(-c3ccccc3)o2)CC1. The fourth-order valence-electron chi connectivity index (χ4n) is 4.58. The molecule has 1 aromatic carbocycles. The first-order valence-electron chi connectivity index (χ1n) is 10.0. The number of aromatic nitrogens is 2. The fourth-order valence-corrected chi connectivity index (χ4v) is 4.58. The van der Waals surface area contributed by atoms with Crippen molar-refractivity contribution in [3.63, 3.8) is 0 Å². The molecule has 1 saturated heterocycles. The second-order valence-corrected chi connectivity index (χ2v) is 8.63. The van der Waals surface area contributed by atoms with E-state index in [1.807, 2.05) is 37.3 Å². The first-order chi connectivity index (χ1) is 14.1. The molecule has 0 spiro atoms. The number of amides is 1. The van der Waals surface area contributed by atoms with Crippen LogP contribution in [0.5, 0.6) is 0 Å². The van der Waals surface area contributed by atoms with Gasteiger partial charge in [0.1, 0.15) is 0 Å². The van der Waals surface area contributed by atoms with Crippen LogP contribution in [-0.4, -0.2) is 51.0 Å². The molecule has 1 N–H and O–H groups in total. The molecule has 2 aromatic rings. The number of halogens is 3. The van der Waals surface area contributed by atoms with Gasteiger partial charge in [-0.3, -0.25) is 4.79 Å². The Hall–Kier alpha value is -2.42. The summed E-state index contributed by atoms with van der Waals surface area (Å²) in [6.45, 7) is 2.73. The summed E-state index contributed by atoms with van der Waals surface area (Å²) in [5, 5.41) is 18.2. The second kappa shape index (κ2) is 7.08. The first kappa shape index (κ1) is 20.8. The highest BCUT2D eigenvalue weighted by Gasteiger charge is 2.60. The number of hydrogen-bond donors (Lipinski definition) is 1. The Kier molecular flexibility index (Phi) is 4.91. The van der Waals surface area contributed by atoms with Crippen LogP contribution >= 0.6 is 0 Å². The van der Waals surface area contributed by atoms with Crippen LogP contribution in [0.3, 0.4) is 0 Å². The number of carbonyl (C=O) groups excluding carboxylic acids is 1. The quantitative estimate of drug-likeness (QED) is 0.814. The van der Waals surface area contributed by atoms with Gasteiger partial charge in [0.25, 0.3) is 5.91 Å². The van der Waals surface area contributed by atoms with Gasteiger partial charge in [-0.05, 0) is 50.2 Å². The number of alkyl halides is 3. The number of aliphatic hydroxyl groups is 1. The van der Waals surface area contributed by atoms with E-state index in [9.17, 15) is 23.1 Å². The molecule has 4 rings (SSSR count). The molecule has 1 aliphatic heterocycles. The molecule has 3 atom stereocenters. The molecular formula is C21H24F3N3O3. The van der Waals surface area contributed by atoms with E-state index in [2.05, 4.69) is 10.2 Å². The second-order valence-electron chi connectivity index (χ2n) is 8.63. The van der Waals surface area contributed by atoms with E-state index in [-0.39, 0.29) is 30.3 Å². The first-order valence-corrected chi connectivity index (χ1v) is 10.0. The summed E-state index contributed by atoms with van der Waals surface area (Å²) < 4.78 is 45.1. The lowest BCUT2D eigenvalue weighted by molar-refractivity contribution is -0.251. The van der Waals surface area contributed by atoms with Crippen LogP contribution in [0.15, 0.2) is 34.7 Å². The third-order valence-corrected chi connectivity index (χ3v) is 6.53. The van der Waals surface area contributed by atoms with Crippen LogP contribution in [0.2, 0.25) is 0 Å². The molecule has 0 bridgehead atoms. The van der Waals surface area contributed by atoms with Gasteiger partial charge in [0.05, 0.1) is 5.41 Å². The maximum atomic E-state index is 13.1. The average molecular weight is 423 g/mol. The zero-order valence-electron chi connectivity index (χ0n) is 16.8. The molecule has 6 nitrogen and oxygen atoms in total. The Morgan fingerprint density at radius 1 is 1.23 bits per heavy atom. The molecule has 1 aliphatic carbocycles. The number of rotatable bonds is 4. The summed E-state index contributed by atoms with van der Waals surface area (Å²) in [7, 11) is 0. The van der Waals surface area contributed by atoms with Gasteiger partial charge >= 0.3 is 6.18 Å². The molecule has 162 valence electrons. The van der Waals surface area contributed by atoms with E-state index in [4.69, 9.17) is 4.42 Å². The summed E-state index contributed by atoms with van der Waals surface area (Å²) in [4.78, 5) is 13.4. The lowest BCUT2D eigenvalue weighted by Gasteiger charge is -2.42. The standard InChI is InChI=1S/C21H24F3N3O3/c1-13-12-27(18(28)19(2,29)21(22,23)24)11-8-15(13)20(9-10-20)17-26-25-16(30-17)14-6-4-3-5-7-14/h3-7,13,15,29H,8-12H2,1-2H3/t13-,15+,19+/m0/s1. The van der Waals surface area contributed by atoms with Gasteiger partial charge in [0, 0.05) is 18.7 Å². The van der Waals surface area contributed by atoms with E-state index in [0.717, 1.165) is 23.3 Å². The number of nitrogens with zero attached hydrogens (tertiary/aromatic N) is 3. The lowest BCUT2D eigenvalue weighted by atomic mass is 9.74. The van der Waals surface area contributed by atoms with Crippen molar-refractivity contribution < 1.29 is 27.5 Å². The van der Waals surface area contributed by atoms with Crippen LogP contribution in [0.4, 0.5) is 13.2 Å². The summed E-state index contributed by atoms with van der Waals surface area (Å²) in [5.74, 6) is -0.254. The van der Waals surface area contributed by atoms with Crippen LogP contribution in [-0.2, 0) is 10.2 Å². The number of hydrogen-bond acceptors (Lipinski definition) is 5. The van der Waals surface area contributed by atoms with Crippen molar-refractivity contribution in [3.05, 3.63) is 36.2 Å². The third-order valence-electron chi connectivity index (χ3n) is 6.53. The van der Waals surface area contributed by atoms with Crippen molar-refractivity contribution in [2.75, 3.05) is 13.1 Å². The summed E-state index contributed by atoms with van der Waals surface area (Å²) >= 11 is 0. The molecule has 1 amide bonds. The summed E-state index contributed by atoms with van der Waals surface area (Å²) in [6, 6.07) is 9.44. The minimum absolute atomic E-state index is 0.0682. The Balaban J connectivity index is 1.49. The highest BCUT2D eigenvalue weighted by atomic mass is 19.4. The monoisotopic (exact) mass is 423 g/mol. The molecule has 30 heavy (non-hydrogen) atoms. The van der Waals surface area contributed by atoms with Crippen molar-refractivity contribution in [1.29, 1.82) is 0 Å². The Morgan fingerprint density at radius 2 is 1.90 bits per heavy atom. The molecule has 0 radical (unpaired) electrons. The molecule has 2 aliphatic rings. The highest BCUT2D eigenvalue weighted by Crippen LogP contribution is 2.58. The van der Waals surface area contributed by atoms with Crippen LogP contribution in [0.25, 0.3) is 11.5 Å². The Morgan fingerprint density at radius 3 is 2.47 bits per heavy atom. The van der Waals surface area contributed by atoms with Crippen LogP contribution in [0, 0.1) is 11.8 Å². The van der Waals surface area contributed by atoms with Crippen molar-refractivity contribution >= 4 is 5.91 Å². The summed E-state index contributed by atoms with van der Waals surface area (Å²) in [6.07, 6.45) is -2.76. The molecule has 1 aromatic heterocycles. The van der Waals surface area contributed by atoms with Gasteiger partial charge in [-0.1, -0.05) is 25.1 Å². The summed E-state index contributed by atoms with van der Waals surface area (Å²) in [5.41, 5.74) is -2.84. The van der Waals surface area contributed by atoms with Gasteiger partial charge < -0.3 is 14.4 Å². The van der Waals surface area contributed by atoms with E-state index in [1.54, 1.807) is 0 Å². The van der Waals surface area contributed by atoms with Crippen LogP contribution in [0.1, 0.15) is 39.0 Å². The molecule has 9 heteroatoms. The predicted molar refractivity (Wildman–Crippen MR) is 101 cm³/mol. The molecule has 1 saturated carbocycles. The molecule has 2 fully saturated rings. The lowest BCUT2D eigenvalue weighted by Crippen LogP contribution is -2.58. The molecule has 2 heterocycles. The maximum Gasteiger partial charge on any atom is 0.426 e. The van der Waals surface area contributed by atoms with E-state index in [0.29, 0.717) is 25.1 Å². The van der Waals surface area contributed by atoms with E-state index >= 15 is 0 Å². The average Bonchev–Trinajstić information content (AvgIpc) is 3.35. The zero-order chi connectivity index (χ0) is 21.7. The number of carbonyl (C=O) groups is 1. The zero-order valence-corrected chi connectivity index (χ0v) is 16.8. The van der Waals surface area contributed by atoms with Gasteiger partial charge in [-0.2, -0.15) is 13.2 Å². The normalized spacial score (nSPS) is 25.6. The maximum absolute atomic E-state index is 13.1. The van der Waals surface area contributed by atoms with Crippen molar-refractivity contribution in [3.8, 4) is 11.5 Å². The highest BCUT2D eigenvalue weighted by molar-refractivity contribution is 5.85. The number of piperidine rings is 1. The van der Waals surface area contributed by atoms with Gasteiger partial charge in [0.15, 0.2) is 0 Å². The van der Waals surface area contributed by atoms with E-state index in [1.165, 1.54) is 0 Å². The van der Waals surface area contributed by atoms with Crippen molar-refractivity contribution in [2.45, 2.75) is 50.3 Å². The minimum atomic E-state index is -5.01. The van der Waals surface area contributed by atoms with Crippen LogP contribution < -0.4 is 0 Å². The van der Waals surface area contributed by atoms with Gasteiger partial charge in [-0.25, -0.2) is 0 Å². The van der Waals surface area contributed by atoms with Gasteiger partial charge in [0.2, 0.25) is 17.4 Å². The molecule has 0 unspecified atom stereocenters. The Labute approximate surface area is 172 Å². The minimum Gasteiger partial charge on any atom is -0.420 e. The smallest absolute Gasteiger partial charge is 0.420 e. The van der Waals surface area contributed by atoms with Gasteiger partial charge in [-0.15, -0.1) is 10.2 Å². The largest absolute Gasteiger partial charge is 0.426 e. The van der Waals surface area contributed by atoms with E-state index < -0.39 is 17.7 Å². The number of likely N-dealkylation sites (tertiary alicyclic amines) is 1.